The molecule has 1 aromatic heterocycles. The number of carbonyl (C=O) groups is 1. The zero-order chi connectivity index (χ0) is 13.0. The summed E-state index contributed by atoms with van der Waals surface area (Å²) in [5.74, 6) is 0.120. The number of nitrogens with zero attached hydrogens (tertiary/aromatic N) is 2. The van der Waals surface area contributed by atoms with Gasteiger partial charge >= 0.3 is 0 Å². The van der Waals surface area contributed by atoms with E-state index in [1.54, 1.807) is 6.20 Å². The molecule has 0 atom stereocenters. The van der Waals surface area contributed by atoms with E-state index in [2.05, 4.69) is 22.4 Å². The molecule has 19 heavy (non-hydrogen) atoms. The zero-order valence-electron chi connectivity index (χ0n) is 11.6. The van der Waals surface area contributed by atoms with Crippen molar-refractivity contribution < 1.29 is 4.79 Å². The number of hydrogen-bond donors (Lipinski definition) is 2. The Labute approximate surface area is 120 Å². The smallest absolute Gasteiger partial charge is 0.257 e. The predicted octanol–water partition coefficient (Wildman–Crippen LogP) is 1.74. The Bertz CT molecular complexity index is 401. The summed E-state index contributed by atoms with van der Waals surface area (Å²) in [7, 11) is 0. The molecule has 1 fully saturated rings. The van der Waals surface area contributed by atoms with Crippen molar-refractivity contribution in [1.29, 1.82) is 0 Å². The van der Waals surface area contributed by atoms with E-state index >= 15 is 0 Å². The van der Waals surface area contributed by atoms with Gasteiger partial charge in [0.25, 0.3) is 5.91 Å². The van der Waals surface area contributed by atoms with E-state index in [1.807, 2.05) is 11.8 Å². The normalized spacial score (nSPS) is 15.9. The molecule has 1 aromatic rings. The van der Waals surface area contributed by atoms with Gasteiger partial charge < -0.3 is 10.2 Å². The van der Waals surface area contributed by atoms with Crippen LogP contribution in [0.4, 0.5) is 0 Å². The zero-order valence-corrected chi connectivity index (χ0v) is 12.4. The van der Waals surface area contributed by atoms with Crippen molar-refractivity contribution in [2.45, 2.75) is 39.2 Å². The minimum atomic E-state index is 0. The maximum absolute atomic E-state index is 12.6. The van der Waals surface area contributed by atoms with Crippen LogP contribution in [0.25, 0.3) is 0 Å². The van der Waals surface area contributed by atoms with Crippen molar-refractivity contribution in [3.63, 3.8) is 0 Å². The second kappa shape index (κ2) is 7.50. The number of aryl methyl sites for hydroxylation is 1. The Balaban J connectivity index is 0.00000180. The Hall–Kier alpha value is -1.07. The lowest BCUT2D eigenvalue weighted by molar-refractivity contribution is 0.0642. The van der Waals surface area contributed by atoms with Crippen LogP contribution in [-0.4, -0.2) is 46.7 Å². The van der Waals surface area contributed by atoms with Crippen molar-refractivity contribution in [2.75, 3.05) is 19.6 Å². The minimum Gasteiger partial charge on any atom is -0.335 e. The molecule has 1 aliphatic rings. The number of nitrogens with one attached hydrogen (secondary N) is 2. The highest BCUT2D eigenvalue weighted by Crippen LogP contribution is 2.17. The lowest BCUT2D eigenvalue weighted by atomic mass is 10.0. The molecule has 0 radical (unpaired) electrons. The van der Waals surface area contributed by atoms with Gasteiger partial charge in [-0.15, -0.1) is 12.4 Å². The fraction of sp³-hybridized carbons (Fsp3) is 0.692. The maximum atomic E-state index is 12.6. The summed E-state index contributed by atoms with van der Waals surface area (Å²) in [6.45, 7) is 6.84. The highest BCUT2D eigenvalue weighted by atomic mass is 35.5. The van der Waals surface area contributed by atoms with Gasteiger partial charge in [0.1, 0.15) is 0 Å². The summed E-state index contributed by atoms with van der Waals surface area (Å²) in [5, 5.41) is 10.1. The topological polar surface area (TPSA) is 61.0 Å². The lowest BCUT2D eigenvalue weighted by Crippen LogP contribution is -2.46. The Morgan fingerprint density at radius 3 is 2.68 bits per heavy atom. The van der Waals surface area contributed by atoms with Gasteiger partial charge in [-0.25, -0.2) is 0 Å². The van der Waals surface area contributed by atoms with E-state index in [4.69, 9.17) is 0 Å². The van der Waals surface area contributed by atoms with Crippen molar-refractivity contribution in [2.24, 2.45) is 0 Å². The quantitative estimate of drug-likeness (QED) is 0.886. The van der Waals surface area contributed by atoms with Gasteiger partial charge in [-0.1, -0.05) is 6.92 Å². The third kappa shape index (κ3) is 3.70. The summed E-state index contributed by atoms with van der Waals surface area (Å²) in [4.78, 5) is 14.6. The average Bonchev–Trinajstić information content (AvgIpc) is 2.82. The van der Waals surface area contributed by atoms with Crippen LogP contribution in [0.3, 0.4) is 0 Å². The van der Waals surface area contributed by atoms with E-state index in [1.165, 1.54) is 0 Å². The highest BCUT2D eigenvalue weighted by Gasteiger charge is 2.26. The first kappa shape index (κ1) is 16.0. The highest BCUT2D eigenvalue weighted by molar-refractivity contribution is 5.95. The molecule has 0 saturated carbocycles. The van der Waals surface area contributed by atoms with Crippen LogP contribution >= 0.6 is 12.4 Å². The Morgan fingerprint density at radius 2 is 2.16 bits per heavy atom. The second-order valence-corrected chi connectivity index (χ2v) is 4.89. The number of rotatable bonds is 4. The maximum Gasteiger partial charge on any atom is 0.257 e. The van der Waals surface area contributed by atoms with Gasteiger partial charge in [0.05, 0.1) is 11.8 Å². The molecular formula is C13H23ClN4O. The van der Waals surface area contributed by atoms with Crippen LogP contribution in [-0.2, 0) is 0 Å². The SMILES string of the molecule is CCCN(C(=O)c1cn[nH]c1C)C1CCNCC1.Cl. The summed E-state index contributed by atoms with van der Waals surface area (Å²) in [5.41, 5.74) is 1.57. The summed E-state index contributed by atoms with van der Waals surface area (Å²) < 4.78 is 0. The number of H-pyrrole nitrogens is 1. The number of carbonyl (C=O) groups excluding carboxylic acids is 1. The number of halogens is 1. The second-order valence-electron chi connectivity index (χ2n) is 4.89. The number of amides is 1. The molecule has 2 rings (SSSR count). The van der Waals surface area contributed by atoms with Gasteiger partial charge in [-0.3, -0.25) is 9.89 Å². The van der Waals surface area contributed by atoms with Gasteiger partial charge in [0.15, 0.2) is 0 Å². The summed E-state index contributed by atoms with van der Waals surface area (Å²) in [6, 6.07) is 0.369. The first-order valence-electron chi connectivity index (χ1n) is 6.75. The molecule has 1 amide bonds. The van der Waals surface area contributed by atoms with E-state index < -0.39 is 0 Å². The van der Waals surface area contributed by atoms with Crippen molar-refractivity contribution >= 4 is 18.3 Å². The molecular weight excluding hydrogens is 264 g/mol. The van der Waals surface area contributed by atoms with E-state index in [0.717, 1.165) is 44.6 Å². The molecule has 6 heteroatoms. The van der Waals surface area contributed by atoms with Gasteiger partial charge in [0, 0.05) is 18.3 Å². The summed E-state index contributed by atoms with van der Waals surface area (Å²) >= 11 is 0. The molecule has 0 aromatic carbocycles. The average molecular weight is 287 g/mol. The van der Waals surface area contributed by atoms with Crippen LogP contribution in [0.2, 0.25) is 0 Å². The van der Waals surface area contributed by atoms with Crippen LogP contribution in [0.1, 0.15) is 42.2 Å². The first-order chi connectivity index (χ1) is 8.74. The van der Waals surface area contributed by atoms with Crippen LogP contribution in [0, 0.1) is 6.92 Å². The molecule has 5 nitrogen and oxygen atoms in total. The minimum absolute atomic E-state index is 0. The Kier molecular flexibility index (Phi) is 6.31. The fourth-order valence-corrected chi connectivity index (χ4v) is 2.53. The molecule has 2 heterocycles. The van der Waals surface area contributed by atoms with Crippen LogP contribution in [0.5, 0.6) is 0 Å². The van der Waals surface area contributed by atoms with E-state index in [-0.39, 0.29) is 18.3 Å². The standard InChI is InChI=1S/C13H22N4O.ClH/c1-3-8-17(11-4-6-14-7-5-11)13(18)12-9-15-16-10(12)2;/h9,11,14H,3-8H2,1-2H3,(H,15,16);1H. The van der Waals surface area contributed by atoms with E-state index in [9.17, 15) is 4.79 Å². The predicted molar refractivity (Wildman–Crippen MR) is 77.8 cm³/mol. The van der Waals surface area contributed by atoms with Gasteiger partial charge in [-0.05, 0) is 39.3 Å². The largest absolute Gasteiger partial charge is 0.335 e. The van der Waals surface area contributed by atoms with Gasteiger partial charge in [-0.2, -0.15) is 5.10 Å². The lowest BCUT2D eigenvalue weighted by Gasteiger charge is -2.34. The molecule has 0 aliphatic carbocycles. The number of aromatic nitrogens is 2. The van der Waals surface area contributed by atoms with Crippen LogP contribution < -0.4 is 5.32 Å². The number of aromatic amines is 1. The monoisotopic (exact) mass is 286 g/mol. The third-order valence-electron chi connectivity index (χ3n) is 3.54. The molecule has 1 saturated heterocycles. The van der Waals surface area contributed by atoms with E-state index in [0.29, 0.717) is 11.6 Å². The number of piperidine rings is 1. The molecule has 2 N–H and O–H groups in total. The molecule has 1 aliphatic heterocycles. The third-order valence-corrected chi connectivity index (χ3v) is 3.54. The number of hydrogen-bond acceptors (Lipinski definition) is 3. The van der Waals surface area contributed by atoms with Gasteiger partial charge in [0.2, 0.25) is 0 Å². The first-order valence-corrected chi connectivity index (χ1v) is 6.75. The molecule has 0 bridgehead atoms. The fourth-order valence-electron chi connectivity index (χ4n) is 2.53. The molecule has 108 valence electrons. The van der Waals surface area contributed by atoms with Crippen LogP contribution in [0.15, 0.2) is 6.20 Å². The Morgan fingerprint density at radius 1 is 1.47 bits per heavy atom. The molecule has 0 spiro atoms. The summed E-state index contributed by atoms with van der Waals surface area (Å²) in [6.07, 6.45) is 4.72. The van der Waals surface area contributed by atoms with Crippen molar-refractivity contribution in [3.05, 3.63) is 17.5 Å². The van der Waals surface area contributed by atoms with Crippen molar-refractivity contribution in [1.82, 2.24) is 20.4 Å². The van der Waals surface area contributed by atoms with Crippen molar-refractivity contribution in [3.8, 4) is 0 Å². The molecule has 0 unspecified atom stereocenters.